The summed E-state index contributed by atoms with van der Waals surface area (Å²) in [5, 5.41) is 0. The van der Waals surface area contributed by atoms with Crippen molar-refractivity contribution >= 4 is 29.1 Å². The number of Topliss-reactive ketones (excluding diaryl/α,β-unsaturated/α-hetero) is 3. The van der Waals surface area contributed by atoms with Crippen LogP contribution in [0.2, 0.25) is 0 Å². The van der Waals surface area contributed by atoms with E-state index in [0.717, 1.165) is 11.3 Å². The van der Waals surface area contributed by atoms with Crippen LogP contribution in [-0.4, -0.2) is 43.7 Å². The predicted molar refractivity (Wildman–Crippen MR) is 150 cm³/mol. The summed E-state index contributed by atoms with van der Waals surface area (Å²) in [4.78, 5) is 45.8. The third kappa shape index (κ3) is 3.30. The quantitative estimate of drug-likeness (QED) is 0.407. The minimum absolute atomic E-state index is 0.0363. The molecule has 6 heteroatoms. The van der Waals surface area contributed by atoms with Gasteiger partial charge < -0.3 is 14.4 Å². The maximum Gasteiger partial charge on any atom is 0.180 e. The van der Waals surface area contributed by atoms with Crippen molar-refractivity contribution in [2.24, 2.45) is 10.8 Å². The van der Waals surface area contributed by atoms with Crippen LogP contribution < -0.4 is 14.4 Å². The molecule has 6 rings (SSSR count). The number of benzene rings is 3. The molecule has 0 N–H and O–H groups in total. The first-order valence-electron chi connectivity index (χ1n) is 13.2. The zero-order valence-electron chi connectivity index (χ0n) is 22.7. The Balaban J connectivity index is 1.70. The van der Waals surface area contributed by atoms with E-state index >= 15 is 0 Å². The number of hydrogen-bond donors (Lipinski definition) is 0. The van der Waals surface area contributed by atoms with Crippen molar-refractivity contribution < 1.29 is 23.9 Å². The molecular weight excluding hydrogens is 490 g/mol. The molecule has 3 atom stereocenters. The molecule has 39 heavy (non-hydrogen) atoms. The molecule has 1 spiro atoms. The molecule has 0 radical (unpaired) electrons. The van der Waals surface area contributed by atoms with E-state index in [1.807, 2.05) is 74.2 Å². The second kappa shape index (κ2) is 8.67. The molecule has 1 fully saturated rings. The Bertz CT molecular complexity index is 1530. The lowest BCUT2D eigenvalue weighted by Gasteiger charge is -2.38. The summed E-state index contributed by atoms with van der Waals surface area (Å²) in [6.07, 6.45) is 3.91. The fourth-order valence-electron chi connectivity index (χ4n) is 6.78. The van der Waals surface area contributed by atoms with Crippen molar-refractivity contribution in [1.82, 2.24) is 0 Å². The molecule has 1 aliphatic carbocycles. The average Bonchev–Trinajstić information content (AvgIpc) is 3.38. The number of rotatable bonds is 4. The third-order valence-electron chi connectivity index (χ3n) is 8.49. The topological polar surface area (TPSA) is 72.9 Å². The number of ether oxygens (including phenoxy) is 2. The van der Waals surface area contributed by atoms with Crippen molar-refractivity contribution in [2.45, 2.75) is 38.8 Å². The van der Waals surface area contributed by atoms with Gasteiger partial charge in [-0.25, -0.2) is 0 Å². The summed E-state index contributed by atoms with van der Waals surface area (Å²) in [6.45, 7) is 5.67. The summed E-state index contributed by atoms with van der Waals surface area (Å²) in [5.74, 6) is -0.286. The van der Waals surface area contributed by atoms with Crippen LogP contribution in [-0.2, 0) is 4.79 Å². The second-order valence-electron chi connectivity index (χ2n) is 11.5. The number of anilines is 1. The van der Waals surface area contributed by atoms with Crippen molar-refractivity contribution in [3.63, 3.8) is 0 Å². The van der Waals surface area contributed by atoms with E-state index in [4.69, 9.17) is 9.47 Å². The molecule has 0 bridgehead atoms. The predicted octanol–water partition coefficient (Wildman–Crippen LogP) is 5.75. The van der Waals surface area contributed by atoms with Crippen LogP contribution in [0, 0.1) is 10.8 Å². The van der Waals surface area contributed by atoms with Crippen LogP contribution in [0.4, 0.5) is 5.69 Å². The standard InChI is InChI=1S/C33H31NO5/c1-32(2,3)31(37)28-27(20-14-16-24(38-4)25(18-20)39-5)33(29(35)21-11-7-8-12-22(21)30(33)36)26-17-15-19-10-6-9-13-23(19)34(26)28/h6-18,26-28H,1-5H3/t26-,27+,28-/m0/s1. The SMILES string of the molecule is COc1ccc([C@@H]2[C@@H](C(=O)C(C)(C)C)N3c4ccccc4C=C[C@H]3C23C(=O)c2ccccc2C3=O)cc1OC. The maximum atomic E-state index is 14.6. The van der Waals surface area contributed by atoms with Gasteiger partial charge in [0.2, 0.25) is 0 Å². The van der Waals surface area contributed by atoms with Gasteiger partial charge in [-0.2, -0.15) is 0 Å². The van der Waals surface area contributed by atoms with E-state index in [0.29, 0.717) is 28.2 Å². The van der Waals surface area contributed by atoms with Crippen LogP contribution in [0.5, 0.6) is 11.5 Å². The fraction of sp³-hybridized carbons (Fsp3) is 0.303. The van der Waals surface area contributed by atoms with Crippen LogP contribution in [0.3, 0.4) is 0 Å². The molecule has 0 saturated carbocycles. The van der Waals surface area contributed by atoms with Crippen LogP contribution >= 0.6 is 0 Å². The molecule has 0 aromatic heterocycles. The van der Waals surface area contributed by atoms with Gasteiger partial charge in [-0.1, -0.05) is 81.5 Å². The van der Waals surface area contributed by atoms with Gasteiger partial charge in [-0.15, -0.1) is 0 Å². The highest BCUT2D eigenvalue weighted by molar-refractivity contribution is 6.32. The van der Waals surface area contributed by atoms with Gasteiger partial charge in [0.15, 0.2) is 28.8 Å². The van der Waals surface area contributed by atoms with Crippen LogP contribution in [0.15, 0.2) is 72.8 Å². The van der Waals surface area contributed by atoms with Gasteiger partial charge in [0, 0.05) is 28.1 Å². The number of para-hydroxylation sites is 1. The minimum atomic E-state index is -1.53. The van der Waals surface area contributed by atoms with Gasteiger partial charge >= 0.3 is 0 Å². The average molecular weight is 522 g/mol. The number of nitrogens with zero attached hydrogens (tertiary/aromatic N) is 1. The molecule has 0 amide bonds. The summed E-state index contributed by atoms with van der Waals surface area (Å²) < 4.78 is 11.1. The first kappa shape index (κ1) is 25.1. The minimum Gasteiger partial charge on any atom is -0.493 e. The first-order chi connectivity index (χ1) is 18.7. The van der Waals surface area contributed by atoms with E-state index in [2.05, 4.69) is 0 Å². The molecular formula is C33H31NO5. The number of methoxy groups -OCH3 is 2. The third-order valence-corrected chi connectivity index (χ3v) is 8.49. The Hall–Kier alpha value is -4.19. The Morgan fingerprint density at radius 1 is 0.846 bits per heavy atom. The molecule has 6 nitrogen and oxygen atoms in total. The van der Waals surface area contributed by atoms with Crippen molar-refractivity contribution in [3.8, 4) is 11.5 Å². The second-order valence-corrected chi connectivity index (χ2v) is 11.5. The van der Waals surface area contributed by atoms with E-state index in [9.17, 15) is 14.4 Å². The monoisotopic (exact) mass is 521 g/mol. The lowest BCUT2D eigenvalue weighted by molar-refractivity contribution is -0.127. The summed E-state index contributed by atoms with van der Waals surface area (Å²) in [7, 11) is 3.11. The van der Waals surface area contributed by atoms with Gasteiger partial charge in [-0.3, -0.25) is 14.4 Å². The highest BCUT2D eigenvalue weighted by Crippen LogP contribution is 2.61. The Kier molecular flexibility index (Phi) is 5.58. The number of ketones is 3. The van der Waals surface area contributed by atoms with E-state index in [1.165, 1.54) is 0 Å². The van der Waals surface area contributed by atoms with Crippen molar-refractivity contribution in [2.75, 3.05) is 19.1 Å². The van der Waals surface area contributed by atoms with Gasteiger partial charge in [0.1, 0.15) is 5.41 Å². The molecule has 0 unspecified atom stereocenters. The summed E-state index contributed by atoms with van der Waals surface area (Å²) >= 11 is 0. The smallest absolute Gasteiger partial charge is 0.180 e. The molecule has 2 aliphatic heterocycles. The maximum absolute atomic E-state index is 14.6. The lowest BCUT2D eigenvalue weighted by atomic mass is 9.63. The Morgan fingerprint density at radius 2 is 1.46 bits per heavy atom. The molecule has 3 aromatic carbocycles. The van der Waals surface area contributed by atoms with Crippen molar-refractivity contribution in [1.29, 1.82) is 0 Å². The number of carbonyl (C=O) groups is 3. The van der Waals surface area contributed by atoms with E-state index in [-0.39, 0.29) is 17.3 Å². The lowest BCUT2D eigenvalue weighted by Crippen LogP contribution is -2.49. The van der Waals surface area contributed by atoms with Gasteiger partial charge in [-0.05, 0) is 29.3 Å². The Labute approximate surface area is 228 Å². The highest BCUT2D eigenvalue weighted by atomic mass is 16.5. The van der Waals surface area contributed by atoms with Crippen molar-refractivity contribution in [3.05, 3.63) is 95.1 Å². The number of fused-ring (bicyclic) bond motifs is 5. The largest absolute Gasteiger partial charge is 0.493 e. The zero-order chi connectivity index (χ0) is 27.7. The van der Waals surface area contributed by atoms with Gasteiger partial charge in [0.25, 0.3) is 0 Å². The highest BCUT2D eigenvalue weighted by Gasteiger charge is 2.72. The molecule has 2 heterocycles. The van der Waals surface area contributed by atoms with E-state index in [1.54, 1.807) is 44.6 Å². The van der Waals surface area contributed by atoms with Crippen LogP contribution in [0.25, 0.3) is 6.08 Å². The van der Waals surface area contributed by atoms with Crippen LogP contribution in [0.1, 0.15) is 58.5 Å². The molecule has 3 aromatic rings. The molecule has 1 saturated heterocycles. The summed E-state index contributed by atoms with van der Waals surface area (Å²) in [5.41, 5.74) is 1.02. The molecule has 3 aliphatic rings. The first-order valence-corrected chi connectivity index (χ1v) is 13.2. The van der Waals surface area contributed by atoms with E-state index < -0.39 is 28.8 Å². The zero-order valence-corrected chi connectivity index (χ0v) is 22.7. The fourth-order valence-corrected chi connectivity index (χ4v) is 6.78. The Morgan fingerprint density at radius 3 is 2.08 bits per heavy atom. The normalized spacial score (nSPS) is 22.5. The molecule has 198 valence electrons. The summed E-state index contributed by atoms with van der Waals surface area (Å²) in [6, 6.07) is 18.9. The van der Waals surface area contributed by atoms with Gasteiger partial charge in [0.05, 0.1) is 26.3 Å². The number of carbonyl (C=O) groups excluding carboxylic acids is 3. The number of hydrogen-bond acceptors (Lipinski definition) is 6.